The number of allylic oxidation sites excluding steroid dienone is 2. The van der Waals surface area contributed by atoms with Gasteiger partial charge in [-0.3, -0.25) is 0 Å². The Hall–Kier alpha value is -0.860. The predicted molar refractivity (Wildman–Crippen MR) is 31.8 cm³/mol. The third-order valence-corrected chi connectivity index (χ3v) is 0.774. The first-order valence-corrected chi connectivity index (χ1v) is 2.34. The van der Waals surface area contributed by atoms with Crippen LogP contribution in [0.4, 0.5) is 0 Å². The van der Waals surface area contributed by atoms with E-state index in [1.165, 1.54) is 0 Å². The van der Waals surface area contributed by atoms with E-state index >= 15 is 0 Å². The third-order valence-electron chi connectivity index (χ3n) is 0.774. The molecule has 8 heavy (non-hydrogen) atoms. The van der Waals surface area contributed by atoms with Gasteiger partial charge in [0.2, 0.25) is 0 Å². The monoisotopic (exact) mass is 114 g/mol. The van der Waals surface area contributed by atoms with E-state index in [1.54, 1.807) is 20.9 Å². The Kier molecular flexibility index (Phi) is 2.84. The Balaban J connectivity index is 4.00. The number of nitrogens with zero attached hydrogens (tertiary/aromatic N) is 2. The summed E-state index contributed by atoms with van der Waals surface area (Å²) in [5.74, 6) is 0.218. The molecule has 0 aromatic rings. The number of aliphatic hydroxyl groups excluding tert-OH is 1. The zero-order chi connectivity index (χ0) is 6.57. The van der Waals surface area contributed by atoms with Crippen molar-refractivity contribution < 1.29 is 5.11 Å². The molecule has 0 saturated carbocycles. The molecule has 0 aromatic carbocycles. The molecule has 0 spiro atoms. The first-order chi connectivity index (χ1) is 3.68. The molecule has 0 heterocycles. The molecule has 0 aliphatic heterocycles. The fourth-order valence-corrected chi connectivity index (χ4v) is 0.222. The van der Waals surface area contributed by atoms with Crippen molar-refractivity contribution in [3.8, 4) is 0 Å². The molecule has 3 nitrogen and oxygen atoms in total. The maximum atomic E-state index is 8.68. The minimum atomic E-state index is 0.218. The summed E-state index contributed by atoms with van der Waals surface area (Å²) in [6.07, 6.45) is 0. The van der Waals surface area contributed by atoms with Gasteiger partial charge < -0.3 is 5.11 Å². The molecule has 0 unspecified atom stereocenters. The normalized spacial score (nSPS) is 14.4. The standard InChI is InChI=1S/C5H10N2O/c1-4(5(2)8)7-6-3/h8H,1-3H3/b5-4-,7-6+. The van der Waals surface area contributed by atoms with Crippen LogP contribution in [0.5, 0.6) is 0 Å². The summed E-state index contributed by atoms with van der Waals surface area (Å²) in [5, 5.41) is 15.7. The number of hydrogen-bond acceptors (Lipinski definition) is 3. The Morgan fingerprint density at radius 3 is 2.00 bits per heavy atom. The largest absolute Gasteiger partial charge is 0.511 e. The SMILES string of the molecule is C/N=N/C(C)=C(/C)O. The van der Waals surface area contributed by atoms with Crippen molar-refractivity contribution in [2.75, 3.05) is 7.05 Å². The van der Waals surface area contributed by atoms with Crippen molar-refractivity contribution >= 4 is 0 Å². The summed E-state index contributed by atoms with van der Waals surface area (Å²) in [5.41, 5.74) is 0.563. The van der Waals surface area contributed by atoms with Crippen LogP contribution in [0.25, 0.3) is 0 Å². The van der Waals surface area contributed by atoms with Crippen LogP contribution in [0.15, 0.2) is 21.7 Å². The van der Waals surface area contributed by atoms with Gasteiger partial charge in [-0.25, -0.2) is 0 Å². The third kappa shape index (κ3) is 2.34. The first kappa shape index (κ1) is 7.14. The average Bonchev–Trinajstić information content (AvgIpc) is 1.67. The molecule has 0 fully saturated rings. The lowest BCUT2D eigenvalue weighted by Crippen LogP contribution is -1.75. The van der Waals surface area contributed by atoms with Crippen molar-refractivity contribution in [1.29, 1.82) is 0 Å². The van der Waals surface area contributed by atoms with Crippen LogP contribution < -0.4 is 0 Å². The molecule has 0 atom stereocenters. The van der Waals surface area contributed by atoms with Gasteiger partial charge in [-0.05, 0) is 13.8 Å². The van der Waals surface area contributed by atoms with Gasteiger partial charge in [0.05, 0.1) is 5.70 Å². The van der Waals surface area contributed by atoms with Crippen molar-refractivity contribution in [2.24, 2.45) is 10.2 Å². The molecule has 3 heteroatoms. The van der Waals surface area contributed by atoms with Crippen LogP contribution in [-0.2, 0) is 0 Å². The fraction of sp³-hybridized carbons (Fsp3) is 0.600. The second-order valence-corrected chi connectivity index (χ2v) is 1.47. The van der Waals surface area contributed by atoms with Crippen molar-refractivity contribution in [3.63, 3.8) is 0 Å². The maximum Gasteiger partial charge on any atom is 0.112 e. The summed E-state index contributed by atoms with van der Waals surface area (Å²) in [6, 6.07) is 0. The zero-order valence-electron chi connectivity index (χ0n) is 5.34. The second-order valence-electron chi connectivity index (χ2n) is 1.47. The number of rotatable bonds is 1. The lowest BCUT2D eigenvalue weighted by molar-refractivity contribution is 0.405. The fourth-order valence-electron chi connectivity index (χ4n) is 0.222. The van der Waals surface area contributed by atoms with Gasteiger partial charge >= 0.3 is 0 Å². The molecule has 0 saturated heterocycles. The Morgan fingerprint density at radius 1 is 1.38 bits per heavy atom. The zero-order valence-corrected chi connectivity index (χ0v) is 5.34. The van der Waals surface area contributed by atoms with E-state index in [9.17, 15) is 0 Å². The van der Waals surface area contributed by atoms with E-state index in [2.05, 4.69) is 10.2 Å². The molecule has 0 bridgehead atoms. The highest BCUT2D eigenvalue weighted by Gasteiger charge is 1.86. The minimum absolute atomic E-state index is 0.218. The van der Waals surface area contributed by atoms with Crippen LogP contribution >= 0.6 is 0 Å². The van der Waals surface area contributed by atoms with Crippen LogP contribution in [0.3, 0.4) is 0 Å². The van der Waals surface area contributed by atoms with Gasteiger partial charge in [0.1, 0.15) is 5.76 Å². The minimum Gasteiger partial charge on any atom is -0.511 e. The van der Waals surface area contributed by atoms with Crippen LogP contribution in [0.2, 0.25) is 0 Å². The van der Waals surface area contributed by atoms with E-state index in [1.807, 2.05) is 0 Å². The summed E-state index contributed by atoms with van der Waals surface area (Å²) in [6.45, 7) is 3.27. The van der Waals surface area contributed by atoms with E-state index in [0.717, 1.165) is 0 Å². The van der Waals surface area contributed by atoms with Gasteiger partial charge in [0, 0.05) is 7.05 Å². The molecular formula is C5H10N2O. The molecular weight excluding hydrogens is 104 g/mol. The summed E-state index contributed by atoms with van der Waals surface area (Å²) >= 11 is 0. The van der Waals surface area contributed by atoms with Gasteiger partial charge in [0.15, 0.2) is 0 Å². The molecule has 46 valence electrons. The topological polar surface area (TPSA) is 45.0 Å². The van der Waals surface area contributed by atoms with Gasteiger partial charge in [0.25, 0.3) is 0 Å². The first-order valence-electron chi connectivity index (χ1n) is 2.34. The maximum absolute atomic E-state index is 8.68. The molecule has 0 aliphatic rings. The Bertz CT molecular complexity index is 122. The number of hydrogen-bond donors (Lipinski definition) is 1. The summed E-state index contributed by atoms with van der Waals surface area (Å²) in [7, 11) is 1.56. The second kappa shape index (κ2) is 3.18. The molecule has 1 N–H and O–H groups in total. The van der Waals surface area contributed by atoms with Crippen LogP contribution in [0.1, 0.15) is 13.8 Å². The van der Waals surface area contributed by atoms with E-state index < -0.39 is 0 Å². The highest BCUT2D eigenvalue weighted by Crippen LogP contribution is 1.99. The summed E-state index contributed by atoms with van der Waals surface area (Å²) in [4.78, 5) is 0. The average molecular weight is 114 g/mol. The predicted octanol–water partition coefficient (Wildman–Crippen LogP) is 1.88. The lowest BCUT2D eigenvalue weighted by Gasteiger charge is -1.88. The summed E-state index contributed by atoms with van der Waals surface area (Å²) < 4.78 is 0. The smallest absolute Gasteiger partial charge is 0.112 e. The number of aliphatic hydroxyl groups is 1. The van der Waals surface area contributed by atoms with Gasteiger partial charge in [-0.1, -0.05) is 0 Å². The lowest BCUT2D eigenvalue weighted by atomic mass is 10.4. The Morgan fingerprint density at radius 2 is 1.88 bits per heavy atom. The van der Waals surface area contributed by atoms with E-state index in [0.29, 0.717) is 5.70 Å². The van der Waals surface area contributed by atoms with Crippen LogP contribution in [-0.4, -0.2) is 12.2 Å². The highest BCUT2D eigenvalue weighted by atomic mass is 16.3. The highest BCUT2D eigenvalue weighted by molar-refractivity contribution is 4.97. The van der Waals surface area contributed by atoms with Crippen molar-refractivity contribution in [3.05, 3.63) is 11.5 Å². The molecule has 0 amide bonds. The molecule has 0 aromatic heterocycles. The Labute approximate surface area is 48.8 Å². The van der Waals surface area contributed by atoms with E-state index in [4.69, 9.17) is 5.11 Å². The van der Waals surface area contributed by atoms with Crippen molar-refractivity contribution in [1.82, 2.24) is 0 Å². The van der Waals surface area contributed by atoms with E-state index in [-0.39, 0.29) is 5.76 Å². The number of azo groups is 1. The molecule has 0 aliphatic carbocycles. The van der Waals surface area contributed by atoms with Gasteiger partial charge in [-0.15, -0.1) is 0 Å². The molecule has 0 rings (SSSR count). The van der Waals surface area contributed by atoms with Crippen molar-refractivity contribution in [2.45, 2.75) is 13.8 Å². The van der Waals surface area contributed by atoms with Crippen LogP contribution in [0, 0.1) is 0 Å². The molecule has 0 radical (unpaired) electrons. The van der Waals surface area contributed by atoms with Gasteiger partial charge in [-0.2, -0.15) is 10.2 Å². The quantitative estimate of drug-likeness (QED) is 0.410.